The van der Waals surface area contributed by atoms with E-state index in [-0.39, 0.29) is 61.2 Å². The van der Waals surface area contributed by atoms with Crippen molar-refractivity contribution in [1.29, 1.82) is 0 Å². The summed E-state index contributed by atoms with van der Waals surface area (Å²) in [4.78, 5) is 0. The van der Waals surface area contributed by atoms with Crippen molar-refractivity contribution >= 4 is 24.4 Å². The van der Waals surface area contributed by atoms with Crippen molar-refractivity contribution in [3.8, 4) is 0 Å². The van der Waals surface area contributed by atoms with Gasteiger partial charge in [0.25, 0.3) is 0 Å². The number of aliphatic hydroxyl groups excluding tert-OH is 3. The average molecular weight is 309 g/mol. The molecule has 0 rings (SSSR count). The zero-order chi connectivity index (χ0) is 4.99. The predicted octanol–water partition coefficient (Wildman–Crippen LogP) is -17.0. The SMILES string of the molecule is OCC(O)CO.[F-].[F-].[F-].[F-].[F-].[Sb+5]. The van der Waals surface area contributed by atoms with E-state index in [4.69, 9.17) is 15.3 Å². The van der Waals surface area contributed by atoms with Gasteiger partial charge in [0.15, 0.2) is 0 Å². The molecule has 0 aromatic heterocycles. The average Bonchev–Trinajstić information content (AvgIpc) is 1.65. The summed E-state index contributed by atoms with van der Waals surface area (Å²) >= 11 is 0. The van der Waals surface area contributed by atoms with E-state index in [9.17, 15) is 0 Å². The summed E-state index contributed by atoms with van der Waals surface area (Å²) < 4.78 is 0. The first-order valence-electron chi connectivity index (χ1n) is 1.71. The van der Waals surface area contributed by atoms with Gasteiger partial charge in [0, 0.05) is 0 Å². The molecule has 0 aromatic carbocycles. The van der Waals surface area contributed by atoms with Crippen LogP contribution in [0.1, 0.15) is 0 Å². The van der Waals surface area contributed by atoms with Crippen molar-refractivity contribution in [3.63, 3.8) is 0 Å². The maximum Gasteiger partial charge on any atom is 5.00 e. The molecule has 0 heterocycles. The number of halogens is 5. The molecule has 9 heteroatoms. The molecule has 0 unspecified atom stereocenters. The Labute approximate surface area is 83.1 Å². The van der Waals surface area contributed by atoms with Gasteiger partial charge in [0.2, 0.25) is 0 Å². The normalized spacial score (nSPS) is 5.00. The molecule has 0 amide bonds. The Balaban J connectivity index is -0.00000000833. The number of aliphatic hydroxyl groups is 3. The van der Waals surface area contributed by atoms with Crippen LogP contribution in [-0.4, -0.2) is 59.1 Å². The second-order valence-corrected chi connectivity index (χ2v) is 1.02. The Hall–Kier alpha value is 0.348. The van der Waals surface area contributed by atoms with E-state index in [1.54, 1.807) is 0 Å². The molecular formula is C3H8F5O3Sb. The Kier molecular flexibility index (Phi) is 197. The molecular weight excluding hydrogens is 301 g/mol. The molecule has 3 N–H and O–H groups in total. The topological polar surface area (TPSA) is 60.7 Å². The zero-order valence-corrected chi connectivity index (χ0v) is 8.22. The van der Waals surface area contributed by atoms with Gasteiger partial charge in [-0.25, -0.2) is 0 Å². The van der Waals surface area contributed by atoms with Crippen molar-refractivity contribution < 1.29 is 38.8 Å². The van der Waals surface area contributed by atoms with Gasteiger partial charge in [-0.1, -0.05) is 0 Å². The van der Waals surface area contributed by atoms with Gasteiger partial charge >= 0.3 is 24.4 Å². The van der Waals surface area contributed by atoms with Crippen LogP contribution in [0.5, 0.6) is 0 Å². The predicted molar refractivity (Wildman–Crippen MR) is 25.9 cm³/mol. The zero-order valence-electron chi connectivity index (χ0n) is 5.67. The molecule has 0 aliphatic carbocycles. The first-order chi connectivity index (χ1) is 2.81. The summed E-state index contributed by atoms with van der Waals surface area (Å²) in [7, 11) is 0. The van der Waals surface area contributed by atoms with Crippen LogP contribution in [0.15, 0.2) is 0 Å². The first-order valence-corrected chi connectivity index (χ1v) is 1.71. The van der Waals surface area contributed by atoms with Crippen molar-refractivity contribution in [3.05, 3.63) is 0 Å². The van der Waals surface area contributed by atoms with Crippen molar-refractivity contribution in [2.45, 2.75) is 6.10 Å². The van der Waals surface area contributed by atoms with E-state index < -0.39 is 6.10 Å². The minimum Gasteiger partial charge on any atom is -1.00 e. The Morgan fingerprint density at radius 2 is 0.917 bits per heavy atom. The number of hydrogen-bond acceptors (Lipinski definition) is 3. The molecule has 3 nitrogen and oxygen atoms in total. The van der Waals surface area contributed by atoms with E-state index >= 15 is 0 Å². The molecule has 0 fully saturated rings. The maximum atomic E-state index is 8.17. The molecule has 0 aliphatic rings. The van der Waals surface area contributed by atoms with E-state index in [0.717, 1.165) is 0 Å². The third-order valence-corrected chi connectivity index (χ3v) is 0.421. The molecule has 0 saturated heterocycles. The fourth-order valence-corrected chi connectivity index (χ4v) is 0.0577. The fourth-order valence-electron chi connectivity index (χ4n) is 0.0577. The molecule has 0 bridgehead atoms. The van der Waals surface area contributed by atoms with Crippen LogP contribution in [-0.2, 0) is 0 Å². The van der Waals surface area contributed by atoms with Crippen LogP contribution in [0.4, 0.5) is 0 Å². The first kappa shape index (κ1) is 55.6. The third kappa shape index (κ3) is 47.8. The minimum absolute atomic E-state index is 0. The van der Waals surface area contributed by atoms with Crippen molar-refractivity contribution in [2.75, 3.05) is 13.2 Å². The van der Waals surface area contributed by atoms with Gasteiger partial charge in [-0.05, 0) is 0 Å². The summed E-state index contributed by atoms with van der Waals surface area (Å²) in [6.07, 6.45) is -0.954. The molecule has 0 saturated carbocycles. The van der Waals surface area contributed by atoms with Crippen molar-refractivity contribution in [2.24, 2.45) is 0 Å². The van der Waals surface area contributed by atoms with Crippen LogP contribution in [0.2, 0.25) is 0 Å². The Morgan fingerprint density at radius 1 is 0.750 bits per heavy atom. The Morgan fingerprint density at radius 3 is 0.917 bits per heavy atom. The molecule has 0 atom stereocenters. The maximum absolute atomic E-state index is 8.17. The van der Waals surface area contributed by atoms with E-state index in [2.05, 4.69) is 0 Å². The van der Waals surface area contributed by atoms with E-state index in [0.29, 0.717) is 0 Å². The van der Waals surface area contributed by atoms with E-state index in [1.165, 1.54) is 0 Å². The van der Waals surface area contributed by atoms with Crippen LogP contribution in [0, 0.1) is 0 Å². The van der Waals surface area contributed by atoms with Crippen LogP contribution >= 0.6 is 0 Å². The monoisotopic (exact) mass is 308 g/mol. The molecule has 0 spiro atoms. The molecule has 0 radical (unpaired) electrons. The second-order valence-electron chi connectivity index (χ2n) is 1.02. The standard InChI is InChI=1S/C3H8O3.5FH.Sb/c4-1-3(6)2-5;;;;;;/h3-6H,1-2H2;5*1H;/q;;;;;;+5/p-5. The quantitative estimate of drug-likeness (QED) is 0.351. The summed E-state index contributed by atoms with van der Waals surface area (Å²) in [6.45, 7) is -0.729. The molecule has 0 aliphatic heterocycles. The van der Waals surface area contributed by atoms with E-state index in [1.807, 2.05) is 0 Å². The number of rotatable bonds is 2. The Bertz CT molecular complexity index is 41.1. The van der Waals surface area contributed by atoms with Gasteiger partial charge in [-0.2, -0.15) is 0 Å². The third-order valence-electron chi connectivity index (χ3n) is 0.421. The van der Waals surface area contributed by atoms with Gasteiger partial charge in [0.05, 0.1) is 13.2 Å². The smallest absolute Gasteiger partial charge is 1.00 e. The van der Waals surface area contributed by atoms with Crippen LogP contribution < -0.4 is 23.5 Å². The molecule has 12 heavy (non-hydrogen) atoms. The summed E-state index contributed by atoms with van der Waals surface area (Å²) in [5.74, 6) is 0. The van der Waals surface area contributed by atoms with Crippen LogP contribution in [0.3, 0.4) is 0 Å². The van der Waals surface area contributed by atoms with Crippen LogP contribution in [0.25, 0.3) is 0 Å². The molecule has 0 aromatic rings. The second kappa shape index (κ2) is 42.5. The summed E-state index contributed by atoms with van der Waals surface area (Å²) in [6, 6.07) is 0. The van der Waals surface area contributed by atoms with Gasteiger partial charge in [-0.15, -0.1) is 0 Å². The minimum atomic E-state index is -0.954. The molecule has 78 valence electrons. The number of hydrogen-bond donors (Lipinski definition) is 3. The van der Waals surface area contributed by atoms with Gasteiger partial charge < -0.3 is 38.8 Å². The fraction of sp³-hybridized carbons (Fsp3) is 1.00. The largest absolute Gasteiger partial charge is 5.00 e. The van der Waals surface area contributed by atoms with Gasteiger partial charge in [-0.3, -0.25) is 0 Å². The summed E-state index contributed by atoms with van der Waals surface area (Å²) in [5.41, 5.74) is 0. The summed E-state index contributed by atoms with van der Waals surface area (Å²) in [5, 5.41) is 24.0. The van der Waals surface area contributed by atoms with Crippen molar-refractivity contribution in [1.82, 2.24) is 0 Å². The van der Waals surface area contributed by atoms with Gasteiger partial charge in [0.1, 0.15) is 6.10 Å².